The molecule has 1 amide bonds. The van der Waals surface area contributed by atoms with E-state index in [0.29, 0.717) is 17.7 Å². The molecule has 2 N–H and O–H groups in total. The van der Waals surface area contributed by atoms with Gasteiger partial charge >= 0.3 is 6.18 Å². The third-order valence-electron chi connectivity index (χ3n) is 4.11. The summed E-state index contributed by atoms with van der Waals surface area (Å²) < 4.78 is 37.7. The molecule has 0 bridgehead atoms. The van der Waals surface area contributed by atoms with E-state index < -0.39 is 23.8 Å². The Bertz CT molecular complexity index is 846. The number of hydrogen-bond donors (Lipinski definition) is 2. The highest BCUT2D eigenvalue weighted by molar-refractivity contribution is 5.82. The van der Waals surface area contributed by atoms with E-state index in [2.05, 4.69) is 9.97 Å². The van der Waals surface area contributed by atoms with Gasteiger partial charge in [-0.15, -0.1) is 0 Å². The van der Waals surface area contributed by atoms with Crippen LogP contribution in [0.25, 0.3) is 0 Å². The fourth-order valence-corrected chi connectivity index (χ4v) is 2.72. The van der Waals surface area contributed by atoms with Crippen LogP contribution in [0.5, 0.6) is 0 Å². The fourth-order valence-electron chi connectivity index (χ4n) is 2.72. The second-order valence-corrected chi connectivity index (χ2v) is 5.69. The van der Waals surface area contributed by atoms with Gasteiger partial charge in [0, 0.05) is 12.1 Å². The molecule has 0 saturated heterocycles. The number of amides is 1. The van der Waals surface area contributed by atoms with Gasteiger partial charge in [-0.05, 0) is 24.1 Å². The summed E-state index contributed by atoms with van der Waals surface area (Å²) in [6.07, 6.45) is -4.53. The summed E-state index contributed by atoms with van der Waals surface area (Å²) in [4.78, 5) is 31.9. The molecule has 0 radical (unpaired) electrons. The number of hydrogen-bond acceptors (Lipinski definition) is 4. The fraction of sp³-hybridized carbons (Fsp3) is 0.312. The predicted octanol–water partition coefficient (Wildman–Crippen LogP) is 1.41. The summed E-state index contributed by atoms with van der Waals surface area (Å²) >= 11 is 0. The lowest BCUT2D eigenvalue weighted by Crippen LogP contribution is -2.41. The Morgan fingerprint density at radius 1 is 1.28 bits per heavy atom. The van der Waals surface area contributed by atoms with Crippen molar-refractivity contribution in [1.29, 1.82) is 0 Å². The minimum atomic E-state index is -4.48. The number of fused-ring (bicyclic) bond motifs is 1. The molecule has 2 heterocycles. The van der Waals surface area contributed by atoms with Crippen molar-refractivity contribution < 1.29 is 23.1 Å². The standard InChI is InChI=1S/C16H14F3N3O3/c17-16(18,19)10-3-1-9(2-4-10)13(23)15(25)22-6-5-11-12(7-22)20-8-21-14(11)24/h1-4,8,13,23H,5-7H2,(H,20,21,24). The van der Waals surface area contributed by atoms with Crippen molar-refractivity contribution in [3.63, 3.8) is 0 Å². The van der Waals surface area contributed by atoms with Crippen LogP contribution in [-0.4, -0.2) is 32.4 Å². The number of aliphatic hydroxyl groups excluding tert-OH is 1. The van der Waals surface area contributed by atoms with Gasteiger partial charge in [0.2, 0.25) is 0 Å². The molecule has 2 aromatic rings. The van der Waals surface area contributed by atoms with Gasteiger partial charge in [0.15, 0.2) is 6.10 Å². The number of carbonyl (C=O) groups is 1. The number of aromatic nitrogens is 2. The molecule has 25 heavy (non-hydrogen) atoms. The molecule has 1 aliphatic heterocycles. The number of nitrogens with one attached hydrogen (secondary N) is 1. The van der Waals surface area contributed by atoms with Crippen LogP contribution < -0.4 is 5.56 Å². The lowest BCUT2D eigenvalue weighted by atomic mass is 10.0. The first kappa shape index (κ1) is 17.2. The van der Waals surface area contributed by atoms with Gasteiger partial charge in [-0.1, -0.05) is 12.1 Å². The zero-order chi connectivity index (χ0) is 18.2. The number of aromatic amines is 1. The van der Waals surface area contributed by atoms with E-state index >= 15 is 0 Å². The highest BCUT2D eigenvalue weighted by atomic mass is 19.4. The van der Waals surface area contributed by atoms with Crippen LogP contribution in [0, 0.1) is 0 Å². The quantitative estimate of drug-likeness (QED) is 0.855. The topological polar surface area (TPSA) is 86.3 Å². The Labute approximate surface area is 139 Å². The summed E-state index contributed by atoms with van der Waals surface area (Å²) in [5.41, 5.74) is -0.104. The Kier molecular flexibility index (Phi) is 4.34. The van der Waals surface area contributed by atoms with Crippen molar-refractivity contribution in [2.45, 2.75) is 25.2 Å². The van der Waals surface area contributed by atoms with Crippen LogP contribution in [0.3, 0.4) is 0 Å². The van der Waals surface area contributed by atoms with Crippen LogP contribution in [0.2, 0.25) is 0 Å². The van der Waals surface area contributed by atoms with Gasteiger partial charge < -0.3 is 15.0 Å². The molecule has 1 unspecified atom stereocenters. The molecule has 0 saturated carbocycles. The van der Waals surface area contributed by atoms with Crippen molar-refractivity contribution in [1.82, 2.24) is 14.9 Å². The molecular formula is C16H14F3N3O3. The lowest BCUT2D eigenvalue weighted by Gasteiger charge is -2.29. The summed E-state index contributed by atoms with van der Waals surface area (Å²) in [7, 11) is 0. The van der Waals surface area contributed by atoms with Crippen LogP contribution in [-0.2, 0) is 23.9 Å². The average Bonchev–Trinajstić information content (AvgIpc) is 2.60. The number of carbonyl (C=O) groups excluding carboxylic acids is 1. The van der Waals surface area contributed by atoms with E-state index in [1.54, 1.807) is 0 Å². The minimum Gasteiger partial charge on any atom is -0.378 e. The molecule has 3 rings (SSSR count). The maximum Gasteiger partial charge on any atom is 0.416 e. The number of rotatable bonds is 2. The van der Waals surface area contributed by atoms with Gasteiger partial charge in [-0.25, -0.2) is 4.98 Å². The smallest absolute Gasteiger partial charge is 0.378 e. The van der Waals surface area contributed by atoms with Gasteiger partial charge in [0.05, 0.1) is 24.1 Å². The predicted molar refractivity (Wildman–Crippen MR) is 80.4 cm³/mol. The summed E-state index contributed by atoms with van der Waals surface area (Å²) in [5, 5.41) is 10.2. The SMILES string of the molecule is O=C(C(O)c1ccc(C(F)(F)F)cc1)N1CCc2c(nc[nH]c2=O)C1. The summed E-state index contributed by atoms with van der Waals surface area (Å²) in [6.45, 7) is 0.286. The molecule has 0 aliphatic carbocycles. The van der Waals surface area contributed by atoms with E-state index in [-0.39, 0.29) is 24.2 Å². The molecule has 132 valence electrons. The Morgan fingerprint density at radius 2 is 1.96 bits per heavy atom. The van der Waals surface area contributed by atoms with Crippen LogP contribution in [0.1, 0.15) is 28.5 Å². The summed E-state index contributed by atoms with van der Waals surface area (Å²) in [5.74, 6) is -0.646. The number of nitrogens with zero attached hydrogens (tertiary/aromatic N) is 2. The second kappa shape index (κ2) is 6.32. The third kappa shape index (κ3) is 3.41. The Balaban J connectivity index is 1.76. The van der Waals surface area contributed by atoms with Gasteiger partial charge in [-0.3, -0.25) is 9.59 Å². The molecule has 1 atom stereocenters. The van der Waals surface area contributed by atoms with Crippen molar-refractivity contribution in [2.75, 3.05) is 6.54 Å². The van der Waals surface area contributed by atoms with Gasteiger partial charge in [0.1, 0.15) is 0 Å². The van der Waals surface area contributed by atoms with E-state index in [1.807, 2.05) is 0 Å². The van der Waals surface area contributed by atoms with Crippen molar-refractivity contribution in [2.24, 2.45) is 0 Å². The first-order chi connectivity index (χ1) is 11.8. The lowest BCUT2D eigenvalue weighted by molar-refractivity contribution is -0.141. The van der Waals surface area contributed by atoms with E-state index in [9.17, 15) is 27.9 Å². The number of H-pyrrole nitrogens is 1. The van der Waals surface area contributed by atoms with E-state index in [0.717, 1.165) is 24.3 Å². The highest BCUT2D eigenvalue weighted by Gasteiger charge is 2.32. The number of halogens is 3. The monoisotopic (exact) mass is 353 g/mol. The molecule has 1 aliphatic rings. The van der Waals surface area contributed by atoms with Crippen molar-refractivity contribution in [3.8, 4) is 0 Å². The maximum absolute atomic E-state index is 12.6. The van der Waals surface area contributed by atoms with Crippen LogP contribution >= 0.6 is 0 Å². The Morgan fingerprint density at radius 3 is 2.60 bits per heavy atom. The number of alkyl halides is 3. The molecule has 1 aromatic heterocycles. The number of aliphatic hydroxyl groups is 1. The highest BCUT2D eigenvalue weighted by Crippen LogP contribution is 2.30. The zero-order valence-corrected chi connectivity index (χ0v) is 12.9. The van der Waals surface area contributed by atoms with Gasteiger partial charge in [-0.2, -0.15) is 13.2 Å². The second-order valence-electron chi connectivity index (χ2n) is 5.69. The van der Waals surface area contributed by atoms with Crippen molar-refractivity contribution in [3.05, 3.63) is 63.3 Å². The molecule has 1 aromatic carbocycles. The summed E-state index contributed by atoms with van der Waals surface area (Å²) in [6, 6.07) is 3.79. The molecule has 0 fully saturated rings. The third-order valence-corrected chi connectivity index (χ3v) is 4.11. The van der Waals surface area contributed by atoms with Crippen LogP contribution in [0.15, 0.2) is 35.4 Å². The van der Waals surface area contributed by atoms with E-state index in [1.165, 1.54) is 11.2 Å². The van der Waals surface area contributed by atoms with Gasteiger partial charge in [0.25, 0.3) is 11.5 Å². The number of benzene rings is 1. The molecular weight excluding hydrogens is 339 g/mol. The maximum atomic E-state index is 12.6. The van der Waals surface area contributed by atoms with Crippen molar-refractivity contribution >= 4 is 5.91 Å². The van der Waals surface area contributed by atoms with E-state index in [4.69, 9.17) is 0 Å². The molecule has 6 nitrogen and oxygen atoms in total. The minimum absolute atomic E-state index is 0.0653. The first-order valence-corrected chi connectivity index (χ1v) is 7.47. The normalized spacial score (nSPS) is 15.6. The van der Waals surface area contributed by atoms with Crippen LogP contribution in [0.4, 0.5) is 13.2 Å². The zero-order valence-electron chi connectivity index (χ0n) is 12.9. The molecule has 9 heteroatoms. The first-order valence-electron chi connectivity index (χ1n) is 7.47. The Hall–Kier alpha value is -2.68. The average molecular weight is 353 g/mol. The molecule has 0 spiro atoms. The largest absolute Gasteiger partial charge is 0.416 e.